The van der Waals surface area contributed by atoms with Crippen molar-refractivity contribution in [1.29, 1.82) is 0 Å². The van der Waals surface area contributed by atoms with Crippen molar-refractivity contribution < 1.29 is 10.2 Å². The number of H-pyrrole nitrogens is 1. The first-order valence-electron chi connectivity index (χ1n) is 7.70. The monoisotopic (exact) mass is 279 g/mol. The van der Waals surface area contributed by atoms with Crippen LogP contribution >= 0.6 is 0 Å². The Bertz CT molecular complexity index is 442. The van der Waals surface area contributed by atoms with Crippen LogP contribution in [0.15, 0.2) is 6.20 Å². The van der Waals surface area contributed by atoms with Crippen LogP contribution in [0.5, 0.6) is 0 Å². The summed E-state index contributed by atoms with van der Waals surface area (Å²) in [6.45, 7) is 5.30. The zero-order chi connectivity index (χ0) is 14.2. The molecule has 5 nitrogen and oxygen atoms in total. The zero-order valence-electron chi connectivity index (χ0n) is 12.2. The average molecular weight is 279 g/mol. The van der Waals surface area contributed by atoms with Crippen LogP contribution in [-0.4, -0.2) is 51.4 Å². The van der Waals surface area contributed by atoms with E-state index in [4.69, 9.17) is 0 Å². The van der Waals surface area contributed by atoms with E-state index < -0.39 is 0 Å². The van der Waals surface area contributed by atoms with E-state index in [9.17, 15) is 10.2 Å². The number of hydrogen-bond acceptors (Lipinski definition) is 4. The lowest BCUT2D eigenvalue weighted by molar-refractivity contribution is 0.0866. The van der Waals surface area contributed by atoms with Crippen molar-refractivity contribution in [3.05, 3.63) is 17.7 Å². The van der Waals surface area contributed by atoms with Crippen molar-refractivity contribution in [2.45, 2.75) is 32.7 Å². The van der Waals surface area contributed by atoms with Crippen molar-refractivity contribution in [2.24, 2.45) is 17.3 Å². The topological polar surface area (TPSA) is 72.4 Å². The minimum atomic E-state index is -0.184. The Balaban J connectivity index is 1.51. The van der Waals surface area contributed by atoms with Gasteiger partial charge in [-0.15, -0.1) is 0 Å². The van der Waals surface area contributed by atoms with E-state index >= 15 is 0 Å². The Kier molecular flexibility index (Phi) is 3.84. The number of unbranched alkanes of at least 4 members (excludes halogenated alkanes) is 1. The number of likely N-dealkylation sites (tertiary alicyclic amines) is 1. The SMILES string of the molecule is CCCCc1ncc(CN2CC3C(C2)C3(CO)CO)[nH]1. The molecule has 0 radical (unpaired) electrons. The van der Waals surface area contributed by atoms with Gasteiger partial charge in [0.25, 0.3) is 0 Å². The highest BCUT2D eigenvalue weighted by atomic mass is 16.3. The first-order valence-corrected chi connectivity index (χ1v) is 7.70. The lowest BCUT2D eigenvalue weighted by Gasteiger charge is -2.23. The van der Waals surface area contributed by atoms with Gasteiger partial charge in [-0.25, -0.2) is 4.98 Å². The van der Waals surface area contributed by atoms with Gasteiger partial charge in [0.15, 0.2) is 0 Å². The summed E-state index contributed by atoms with van der Waals surface area (Å²) in [6.07, 6.45) is 5.34. The van der Waals surface area contributed by atoms with Crippen LogP contribution in [0, 0.1) is 17.3 Å². The van der Waals surface area contributed by atoms with Gasteiger partial charge in [0.05, 0.1) is 13.2 Å². The molecule has 1 saturated carbocycles. The van der Waals surface area contributed by atoms with E-state index in [2.05, 4.69) is 21.8 Å². The summed E-state index contributed by atoms with van der Waals surface area (Å²) in [7, 11) is 0. The van der Waals surface area contributed by atoms with E-state index in [-0.39, 0.29) is 18.6 Å². The molecule has 2 heterocycles. The number of fused-ring (bicyclic) bond motifs is 1. The van der Waals surface area contributed by atoms with Crippen LogP contribution in [0.4, 0.5) is 0 Å². The number of aromatic amines is 1. The molecule has 3 rings (SSSR count). The molecule has 5 heteroatoms. The first kappa shape index (κ1) is 14.0. The molecule has 2 unspecified atom stereocenters. The van der Waals surface area contributed by atoms with E-state index in [0.29, 0.717) is 11.8 Å². The molecule has 112 valence electrons. The van der Waals surface area contributed by atoms with Crippen molar-refractivity contribution in [1.82, 2.24) is 14.9 Å². The summed E-state index contributed by atoms with van der Waals surface area (Å²) in [6, 6.07) is 0. The van der Waals surface area contributed by atoms with Gasteiger partial charge < -0.3 is 15.2 Å². The van der Waals surface area contributed by atoms with Gasteiger partial charge in [-0.1, -0.05) is 13.3 Å². The standard InChI is InChI=1S/C15H25N3O2/c1-2-3-4-14-16-5-11(17-14)6-18-7-12-13(8-18)15(12,9-19)10-20/h5,12-13,19-20H,2-4,6-10H2,1H3,(H,16,17). The Hall–Kier alpha value is -0.910. The number of aliphatic hydroxyl groups is 2. The Morgan fingerprint density at radius 1 is 1.35 bits per heavy atom. The Labute approximate surface area is 120 Å². The van der Waals surface area contributed by atoms with E-state index in [1.807, 2.05) is 6.20 Å². The number of rotatable bonds is 7. The summed E-state index contributed by atoms with van der Waals surface area (Å²) in [4.78, 5) is 10.2. The Morgan fingerprint density at radius 3 is 2.65 bits per heavy atom. The van der Waals surface area contributed by atoms with Gasteiger partial charge in [0.1, 0.15) is 5.82 Å². The molecule has 3 N–H and O–H groups in total. The number of aryl methyl sites for hydroxylation is 1. The smallest absolute Gasteiger partial charge is 0.106 e. The van der Waals surface area contributed by atoms with Crippen LogP contribution < -0.4 is 0 Å². The van der Waals surface area contributed by atoms with Crippen molar-refractivity contribution in [2.75, 3.05) is 26.3 Å². The molecule has 1 aliphatic carbocycles. The predicted octanol–water partition coefficient (Wildman–Crippen LogP) is 0.785. The third-order valence-electron chi connectivity index (χ3n) is 5.19. The van der Waals surface area contributed by atoms with Crippen molar-refractivity contribution in [3.8, 4) is 0 Å². The summed E-state index contributed by atoms with van der Waals surface area (Å²) < 4.78 is 0. The zero-order valence-corrected chi connectivity index (χ0v) is 12.2. The third kappa shape index (κ3) is 2.28. The molecule has 2 atom stereocenters. The van der Waals surface area contributed by atoms with Crippen molar-refractivity contribution >= 4 is 0 Å². The average Bonchev–Trinajstić information content (AvgIpc) is 2.84. The molecular weight excluding hydrogens is 254 g/mol. The summed E-state index contributed by atoms with van der Waals surface area (Å²) in [5.74, 6) is 2.03. The fourth-order valence-electron chi connectivity index (χ4n) is 3.77. The highest BCUT2D eigenvalue weighted by molar-refractivity contribution is 5.16. The minimum absolute atomic E-state index is 0.123. The fraction of sp³-hybridized carbons (Fsp3) is 0.800. The van der Waals surface area contributed by atoms with Crippen LogP contribution in [0.25, 0.3) is 0 Å². The lowest BCUT2D eigenvalue weighted by Crippen LogP contribution is -2.31. The van der Waals surface area contributed by atoms with E-state index in [1.54, 1.807) is 0 Å². The number of nitrogens with zero attached hydrogens (tertiary/aromatic N) is 2. The van der Waals surface area contributed by atoms with Crippen molar-refractivity contribution in [3.63, 3.8) is 0 Å². The maximum Gasteiger partial charge on any atom is 0.106 e. The highest BCUT2D eigenvalue weighted by Crippen LogP contribution is 2.62. The van der Waals surface area contributed by atoms with Gasteiger partial charge >= 0.3 is 0 Å². The van der Waals surface area contributed by atoms with Gasteiger partial charge in [-0.3, -0.25) is 4.90 Å². The number of aromatic nitrogens is 2. The second-order valence-electron chi connectivity index (χ2n) is 6.42. The molecule has 1 aliphatic heterocycles. The van der Waals surface area contributed by atoms with E-state index in [0.717, 1.165) is 31.9 Å². The number of aliphatic hydroxyl groups excluding tert-OH is 2. The number of piperidine rings is 1. The molecule has 0 spiro atoms. The molecule has 1 aromatic rings. The second-order valence-corrected chi connectivity index (χ2v) is 6.42. The molecule has 2 fully saturated rings. The third-order valence-corrected chi connectivity index (χ3v) is 5.19. The number of nitrogens with one attached hydrogen (secondary N) is 1. The van der Waals surface area contributed by atoms with Gasteiger partial charge in [0, 0.05) is 43.4 Å². The quantitative estimate of drug-likeness (QED) is 0.690. The molecule has 2 aliphatic rings. The number of imidazole rings is 1. The maximum atomic E-state index is 9.43. The highest BCUT2D eigenvalue weighted by Gasteiger charge is 2.67. The van der Waals surface area contributed by atoms with Crippen LogP contribution in [-0.2, 0) is 13.0 Å². The molecule has 0 aromatic carbocycles. The summed E-state index contributed by atoms with van der Waals surface area (Å²) >= 11 is 0. The van der Waals surface area contributed by atoms with E-state index in [1.165, 1.54) is 18.5 Å². The van der Waals surface area contributed by atoms with Crippen LogP contribution in [0.2, 0.25) is 0 Å². The van der Waals surface area contributed by atoms with Crippen LogP contribution in [0.3, 0.4) is 0 Å². The normalized spacial score (nSPS) is 27.8. The largest absolute Gasteiger partial charge is 0.396 e. The summed E-state index contributed by atoms with van der Waals surface area (Å²) in [5, 5.41) is 18.9. The first-order chi connectivity index (χ1) is 9.73. The second kappa shape index (κ2) is 5.47. The molecule has 1 saturated heterocycles. The van der Waals surface area contributed by atoms with Gasteiger partial charge in [0.2, 0.25) is 0 Å². The minimum Gasteiger partial charge on any atom is -0.396 e. The molecule has 1 aromatic heterocycles. The fourth-order valence-corrected chi connectivity index (χ4v) is 3.77. The van der Waals surface area contributed by atoms with Crippen LogP contribution in [0.1, 0.15) is 31.3 Å². The molecule has 0 amide bonds. The molecule has 20 heavy (non-hydrogen) atoms. The lowest BCUT2D eigenvalue weighted by atomic mass is 10.0. The predicted molar refractivity (Wildman–Crippen MR) is 76.1 cm³/mol. The molecule has 0 bridgehead atoms. The van der Waals surface area contributed by atoms with Gasteiger partial charge in [-0.05, 0) is 18.3 Å². The molecular formula is C15H25N3O2. The summed E-state index contributed by atoms with van der Waals surface area (Å²) in [5.41, 5.74) is 0.993. The maximum absolute atomic E-state index is 9.43. The van der Waals surface area contributed by atoms with Gasteiger partial charge in [-0.2, -0.15) is 0 Å². The Morgan fingerprint density at radius 2 is 2.05 bits per heavy atom. The number of hydrogen-bond donors (Lipinski definition) is 3.